The van der Waals surface area contributed by atoms with Crippen molar-refractivity contribution in [3.63, 3.8) is 0 Å². The Morgan fingerprint density at radius 3 is 2.48 bits per heavy atom. The van der Waals surface area contributed by atoms with Gasteiger partial charge >= 0.3 is 10.1 Å². The van der Waals surface area contributed by atoms with Crippen LogP contribution in [-0.2, 0) is 16.5 Å². The van der Waals surface area contributed by atoms with Gasteiger partial charge in [-0.05, 0) is 24.1 Å². The molecule has 0 N–H and O–H groups in total. The highest BCUT2D eigenvalue weighted by molar-refractivity contribution is 7.87. The molecule has 0 radical (unpaired) electrons. The van der Waals surface area contributed by atoms with Gasteiger partial charge in [-0.15, -0.1) is 0 Å². The number of aromatic nitrogens is 1. The average molecular weight is 319 g/mol. The summed E-state index contributed by atoms with van der Waals surface area (Å²) in [7, 11) is -3.63. The van der Waals surface area contributed by atoms with Crippen LogP contribution in [0.5, 0.6) is 5.19 Å². The van der Waals surface area contributed by atoms with E-state index >= 15 is 0 Å². The van der Waals surface area contributed by atoms with Crippen LogP contribution in [0.25, 0.3) is 10.2 Å². The van der Waals surface area contributed by atoms with Crippen LogP contribution in [0.15, 0.2) is 54.6 Å². The number of aryl methyl sites for hydroxylation is 1. The maximum absolute atomic E-state index is 12.0. The third-order valence-corrected chi connectivity index (χ3v) is 5.09. The summed E-state index contributed by atoms with van der Waals surface area (Å²) in [4.78, 5) is 4.17. The Morgan fingerprint density at radius 1 is 1.00 bits per heavy atom. The number of nitrogens with zero attached hydrogens (tertiary/aromatic N) is 1. The quantitative estimate of drug-likeness (QED) is 0.677. The van der Waals surface area contributed by atoms with Crippen LogP contribution in [0.4, 0.5) is 0 Å². The minimum absolute atomic E-state index is 0.0626. The summed E-state index contributed by atoms with van der Waals surface area (Å²) in [5.74, 6) is -0.0626. The monoisotopic (exact) mass is 319 g/mol. The van der Waals surface area contributed by atoms with Gasteiger partial charge in [-0.25, -0.2) is 4.98 Å². The van der Waals surface area contributed by atoms with E-state index in [0.717, 1.165) is 15.8 Å². The van der Waals surface area contributed by atoms with Crippen molar-refractivity contribution in [1.29, 1.82) is 0 Å². The molecule has 0 unspecified atom stereocenters. The van der Waals surface area contributed by atoms with Crippen LogP contribution in [0.3, 0.4) is 0 Å². The fourth-order valence-electron chi connectivity index (χ4n) is 1.92. The minimum atomic E-state index is -3.63. The zero-order valence-electron chi connectivity index (χ0n) is 11.1. The third-order valence-electron chi connectivity index (χ3n) is 2.96. The van der Waals surface area contributed by atoms with E-state index in [0.29, 0.717) is 6.42 Å². The summed E-state index contributed by atoms with van der Waals surface area (Å²) in [6.45, 7) is 0. The fourth-order valence-corrected chi connectivity index (χ4v) is 3.89. The van der Waals surface area contributed by atoms with Crippen molar-refractivity contribution < 1.29 is 12.6 Å². The lowest BCUT2D eigenvalue weighted by Gasteiger charge is -2.03. The highest BCUT2D eigenvalue weighted by Gasteiger charge is 2.16. The molecule has 21 heavy (non-hydrogen) atoms. The Labute approximate surface area is 127 Å². The number of para-hydroxylation sites is 1. The van der Waals surface area contributed by atoms with Crippen molar-refractivity contribution in [3.05, 3.63) is 60.2 Å². The molecule has 2 aromatic carbocycles. The number of benzene rings is 2. The highest BCUT2D eigenvalue weighted by atomic mass is 32.2. The van der Waals surface area contributed by atoms with Crippen molar-refractivity contribution in [1.82, 2.24) is 4.98 Å². The largest absolute Gasteiger partial charge is 0.351 e. The Bertz CT molecular complexity index is 808. The average Bonchev–Trinajstić information content (AvgIpc) is 2.87. The molecule has 1 heterocycles. The standard InChI is InChI=1S/C15H13NO3S2/c17-21(18,11-10-12-6-2-1-3-7-12)19-15-16-13-8-4-5-9-14(13)20-15/h1-9H,10-11H2. The van der Waals surface area contributed by atoms with Gasteiger partial charge in [-0.3, -0.25) is 0 Å². The van der Waals surface area contributed by atoms with Crippen molar-refractivity contribution in [2.45, 2.75) is 6.42 Å². The van der Waals surface area contributed by atoms with Gasteiger partial charge in [0, 0.05) is 0 Å². The summed E-state index contributed by atoms with van der Waals surface area (Å²) >= 11 is 1.23. The van der Waals surface area contributed by atoms with Crippen molar-refractivity contribution in [2.75, 3.05) is 5.75 Å². The predicted octanol–water partition coefficient (Wildman–Crippen LogP) is 3.25. The molecule has 108 valence electrons. The van der Waals surface area contributed by atoms with Crippen LogP contribution in [0.2, 0.25) is 0 Å². The first-order valence-corrected chi connectivity index (χ1v) is 8.83. The van der Waals surface area contributed by atoms with E-state index in [1.165, 1.54) is 11.3 Å². The van der Waals surface area contributed by atoms with Crippen LogP contribution < -0.4 is 4.18 Å². The third kappa shape index (κ3) is 3.59. The zero-order valence-corrected chi connectivity index (χ0v) is 12.7. The zero-order chi connectivity index (χ0) is 14.7. The van der Waals surface area contributed by atoms with Crippen molar-refractivity contribution in [2.24, 2.45) is 0 Å². The Kier molecular flexibility index (Phi) is 3.90. The molecule has 1 aromatic heterocycles. The topological polar surface area (TPSA) is 56.3 Å². The Balaban J connectivity index is 1.70. The SMILES string of the molecule is O=S(=O)(CCc1ccccc1)Oc1nc2ccccc2s1. The number of hydrogen-bond acceptors (Lipinski definition) is 5. The van der Waals surface area contributed by atoms with E-state index in [4.69, 9.17) is 4.18 Å². The molecule has 0 fully saturated rings. The van der Waals surface area contributed by atoms with Crippen molar-refractivity contribution in [3.8, 4) is 5.19 Å². The normalized spacial score (nSPS) is 11.6. The predicted molar refractivity (Wildman–Crippen MR) is 84.2 cm³/mol. The smallest absolute Gasteiger partial charge is 0.311 e. The van der Waals surface area contributed by atoms with E-state index in [-0.39, 0.29) is 10.9 Å². The van der Waals surface area contributed by atoms with Gasteiger partial charge in [0.15, 0.2) is 0 Å². The second kappa shape index (κ2) is 5.83. The van der Waals surface area contributed by atoms with E-state index in [1.54, 1.807) is 0 Å². The summed E-state index contributed by atoms with van der Waals surface area (Å²) in [5.41, 5.74) is 1.71. The van der Waals surface area contributed by atoms with Crippen LogP contribution in [0, 0.1) is 0 Å². The van der Waals surface area contributed by atoms with Gasteiger partial charge in [-0.2, -0.15) is 8.42 Å². The lowest BCUT2D eigenvalue weighted by atomic mass is 10.2. The van der Waals surface area contributed by atoms with Gasteiger partial charge in [0.1, 0.15) is 0 Å². The van der Waals surface area contributed by atoms with Gasteiger partial charge < -0.3 is 4.18 Å². The molecular formula is C15H13NO3S2. The number of thiazole rings is 1. The highest BCUT2D eigenvalue weighted by Crippen LogP contribution is 2.28. The van der Waals surface area contributed by atoms with Gasteiger partial charge in [-0.1, -0.05) is 53.8 Å². The first-order chi connectivity index (χ1) is 10.1. The Morgan fingerprint density at radius 2 is 1.71 bits per heavy atom. The summed E-state index contributed by atoms with van der Waals surface area (Å²) in [6.07, 6.45) is 0.425. The Hall–Kier alpha value is -1.92. The molecule has 0 aliphatic carbocycles. The molecule has 0 saturated heterocycles. The molecule has 4 nitrogen and oxygen atoms in total. The summed E-state index contributed by atoms with van der Waals surface area (Å²) < 4.78 is 30.0. The maximum Gasteiger partial charge on any atom is 0.311 e. The second-order valence-electron chi connectivity index (χ2n) is 4.53. The summed E-state index contributed by atoms with van der Waals surface area (Å²) in [5, 5.41) is 0.171. The van der Waals surface area contributed by atoms with Gasteiger partial charge in [0.25, 0.3) is 5.19 Å². The molecule has 0 bridgehead atoms. The van der Waals surface area contributed by atoms with E-state index in [1.807, 2.05) is 54.6 Å². The van der Waals surface area contributed by atoms with Gasteiger partial charge in [0.2, 0.25) is 0 Å². The molecular weight excluding hydrogens is 306 g/mol. The molecule has 0 amide bonds. The molecule has 3 rings (SSSR count). The molecule has 0 aliphatic heterocycles. The first kappa shape index (κ1) is 14.0. The molecule has 0 spiro atoms. The van der Waals surface area contributed by atoms with E-state index < -0.39 is 10.1 Å². The maximum atomic E-state index is 12.0. The molecule has 0 aliphatic rings. The lowest BCUT2D eigenvalue weighted by Crippen LogP contribution is -2.15. The molecule has 0 atom stereocenters. The van der Waals surface area contributed by atoms with Crippen molar-refractivity contribution >= 4 is 31.7 Å². The number of fused-ring (bicyclic) bond motifs is 1. The first-order valence-electron chi connectivity index (χ1n) is 6.44. The van der Waals surface area contributed by atoms with Crippen LogP contribution in [-0.4, -0.2) is 19.2 Å². The number of rotatable bonds is 5. The molecule has 0 saturated carbocycles. The van der Waals surface area contributed by atoms with Crippen LogP contribution in [0.1, 0.15) is 5.56 Å². The minimum Gasteiger partial charge on any atom is -0.351 e. The van der Waals surface area contributed by atoms with Crippen LogP contribution >= 0.6 is 11.3 Å². The second-order valence-corrected chi connectivity index (χ2v) is 7.21. The van der Waals surface area contributed by atoms with E-state index in [9.17, 15) is 8.42 Å². The number of hydrogen-bond donors (Lipinski definition) is 0. The lowest BCUT2D eigenvalue weighted by molar-refractivity contribution is 0.484. The summed E-state index contributed by atoms with van der Waals surface area (Å²) in [6, 6.07) is 16.9. The molecule has 3 aromatic rings. The molecule has 6 heteroatoms. The fraction of sp³-hybridized carbons (Fsp3) is 0.133. The van der Waals surface area contributed by atoms with E-state index in [2.05, 4.69) is 4.98 Å². The van der Waals surface area contributed by atoms with Gasteiger partial charge in [0.05, 0.1) is 16.0 Å².